The number of rotatable bonds is 5. The number of hydrogen-bond acceptors (Lipinski definition) is 2. The van der Waals surface area contributed by atoms with Crippen LogP contribution in [-0.2, 0) is 6.42 Å². The lowest BCUT2D eigenvalue weighted by molar-refractivity contribution is 0.110. The number of nitrogens with zero attached hydrogens (tertiary/aromatic N) is 1. The zero-order chi connectivity index (χ0) is 15.6. The molecule has 1 unspecified atom stereocenters. The Kier molecular flexibility index (Phi) is 5.11. The number of hydrogen-bond donors (Lipinski definition) is 1. The lowest BCUT2D eigenvalue weighted by Gasteiger charge is -2.42. The first-order valence-corrected chi connectivity index (χ1v) is 8.35. The van der Waals surface area contributed by atoms with Gasteiger partial charge in [-0.1, -0.05) is 17.7 Å². The van der Waals surface area contributed by atoms with Gasteiger partial charge in [0.1, 0.15) is 0 Å². The lowest BCUT2D eigenvalue weighted by Crippen LogP contribution is -2.57. The van der Waals surface area contributed by atoms with Crippen LogP contribution in [0, 0.1) is 20.8 Å². The number of likely N-dealkylation sites (tertiary alicyclic amines) is 1. The van der Waals surface area contributed by atoms with Crippen molar-refractivity contribution in [1.29, 1.82) is 0 Å². The minimum absolute atomic E-state index is 0.203. The smallest absolute Gasteiger partial charge is 0.0309 e. The third-order valence-corrected chi connectivity index (χ3v) is 5.37. The Bertz CT molecular complexity index is 461. The Morgan fingerprint density at radius 3 is 2.10 bits per heavy atom. The van der Waals surface area contributed by atoms with Gasteiger partial charge in [-0.25, -0.2) is 0 Å². The zero-order valence-electron chi connectivity index (χ0n) is 14.7. The van der Waals surface area contributed by atoms with Gasteiger partial charge in [0, 0.05) is 11.6 Å². The quantitative estimate of drug-likeness (QED) is 0.890. The Morgan fingerprint density at radius 2 is 1.62 bits per heavy atom. The Morgan fingerprint density at radius 1 is 1.10 bits per heavy atom. The second kappa shape index (κ2) is 6.50. The van der Waals surface area contributed by atoms with Crippen LogP contribution < -0.4 is 5.32 Å². The second-order valence-corrected chi connectivity index (χ2v) is 7.27. The molecule has 1 atom stereocenters. The molecule has 2 heteroatoms. The lowest BCUT2D eigenvalue weighted by atomic mass is 9.85. The van der Waals surface area contributed by atoms with Crippen molar-refractivity contribution in [2.45, 2.75) is 65.5 Å². The molecule has 0 saturated carbocycles. The summed E-state index contributed by atoms with van der Waals surface area (Å²) >= 11 is 0. The molecule has 2 nitrogen and oxygen atoms in total. The molecule has 1 aromatic rings. The highest BCUT2D eigenvalue weighted by Crippen LogP contribution is 2.28. The van der Waals surface area contributed by atoms with Crippen molar-refractivity contribution in [2.24, 2.45) is 0 Å². The SMILES string of the molecule is CNC(Cc1c(C)cc(C)cc1C)C(C)(C)N1CCCC1. The maximum absolute atomic E-state index is 3.60. The Hall–Kier alpha value is -0.860. The Balaban J connectivity index is 2.23. The van der Waals surface area contributed by atoms with E-state index < -0.39 is 0 Å². The fourth-order valence-electron chi connectivity index (χ4n) is 3.95. The van der Waals surface area contributed by atoms with Gasteiger partial charge in [0.05, 0.1) is 0 Å². The minimum Gasteiger partial charge on any atom is -0.315 e. The fraction of sp³-hybridized carbons (Fsp3) is 0.684. The van der Waals surface area contributed by atoms with Crippen molar-refractivity contribution in [1.82, 2.24) is 10.2 Å². The summed E-state index contributed by atoms with van der Waals surface area (Å²) in [5, 5.41) is 3.60. The van der Waals surface area contributed by atoms with E-state index in [1.807, 2.05) is 0 Å². The average Bonchev–Trinajstić information content (AvgIpc) is 2.92. The normalized spacial score (nSPS) is 18.2. The van der Waals surface area contributed by atoms with Gasteiger partial charge in [0.2, 0.25) is 0 Å². The van der Waals surface area contributed by atoms with Gasteiger partial charge in [-0.3, -0.25) is 4.90 Å². The molecule has 0 radical (unpaired) electrons. The molecular formula is C19H32N2. The number of nitrogens with one attached hydrogen (secondary N) is 1. The van der Waals surface area contributed by atoms with Crippen LogP contribution in [0.3, 0.4) is 0 Å². The standard InChI is InChI=1S/C19H32N2/c1-14-11-15(2)17(16(3)12-14)13-18(20-6)19(4,5)21-9-7-8-10-21/h11-12,18,20H,7-10,13H2,1-6H3. The van der Waals surface area contributed by atoms with Crippen LogP contribution in [0.15, 0.2) is 12.1 Å². The summed E-state index contributed by atoms with van der Waals surface area (Å²) in [6.07, 6.45) is 3.81. The fourth-order valence-corrected chi connectivity index (χ4v) is 3.95. The van der Waals surface area contributed by atoms with E-state index in [0.29, 0.717) is 6.04 Å². The summed E-state index contributed by atoms with van der Waals surface area (Å²) in [6.45, 7) is 14.0. The highest BCUT2D eigenvalue weighted by Gasteiger charge is 2.36. The van der Waals surface area contributed by atoms with Gasteiger partial charge < -0.3 is 5.32 Å². The molecule has 1 saturated heterocycles. The minimum atomic E-state index is 0.203. The molecule has 1 heterocycles. The zero-order valence-corrected chi connectivity index (χ0v) is 14.7. The van der Waals surface area contributed by atoms with E-state index in [4.69, 9.17) is 0 Å². The third kappa shape index (κ3) is 3.49. The van der Waals surface area contributed by atoms with Gasteiger partial charge in [0.25, 0.3) is 0 Å². The monoisotopic (exact) mass is 288 g/mol. The topological polar surface area (TPSA) is 15.3 Å². The number of likely N-dealkylation sites (N-methyl/N-ethyl adjacent to an activating group) is 1. The molecule has 0 amide bonds. The molecular weight excluding hydrogens is 256 g/mol. The van der Waals surface area contributed by atoms with Crippen molar-refractivity contribution in [3.8, 4) is 0 Å². The molecule has 1 aromatic carbocycles. The van der Waals surface area contributed by atoms with Crippen LogP contribution in [0.1, 0.15) is 48.9 Å². The van der Waals surface area contributed by atoms with Gasteiger partial charge in [-0.05, 0) is 90.7 Å². The summed E-state index contributed by atoms with van der Waals surface area (Å²) in [6, 6.07) is 5.12. The molecule has 2 rings (SSSR count). The van der Waals surface area contributed by atoms with Crippen LogP contribution >= 0.6 is 0 Å². The van der Waals surface area contributed by atoms with Gasteiger partial charge >= 0.3 is 0 Å². The van der Waals surface area contributed by atoms with E-state index in [0.717, 1.165) is 6.42 Å². The first kappa shape index (κ1) is 16.5. The highest BCUT2D eigenvalue weighted by atomic mass is 15.2. The Labute approximate surface area is 130 Å². The molecule has 0 bridgehead atoms. The molecule has 1 aliphatic rings. The maximum atomic E-state index is 3.60. The molecule has 0 aliphatic carbocycles. The predicted molar refractivity (Wildman–Crippen MR) is 92.1 cm³/mol. The van der Waals surface area contributed by atoms with Crippen LogP contribution in [0.4, 0.5) is 0 Å². The van der Waals surface area contributed by atoms with Crippen LogP contribution in [0.2, 0.25) is 0 Å². The van der Waals surface area contributed by atoms with E-state index >= 15 is 0 Å². The summed E-state index contributed by atoms with van der Waals surface area (Å²) in [5.74, 6) is 0. The van der Waals surface area contributed by atoms with E-state index in [1.54, 1.807) is 0 Å². The maximum Gasteiger partial charge on any atom is 0.0309 e. The first-order valence-electron chi connectivity index (χ1n) is 8.35. The van der Waals surface area contributed by atoms with Gasteiger partial charge in [-0.15, -0.1) is 0 Å². The second-order valence-electron chi connectivity index (χ2n) is 7.27. The largest absolute Gasteiger partial charge is 0.315 e. The summed E-state index contributed by atoms with van der Waals surface area (Å²) in [5.41, 5.74) is 5.96. The molecule has 1 N–H and O–H groups in total. The van der Waals surface area contributed by atoms with Crippen LogP contribution in [-0.4, -0.2) is 36.6 Å². The van der Waals surface area contributed by atoms with Gasteiger partial charge in [0.15, 0.2) is 0 Å². The van der Waals surface area contributed by atoms with Gasteiger partial charge in [-0.2, -0.15) is 0 Å². The molecule has 1 fully saturated rings. The van der Waals surface area contributed by atoms with Crippen molar-refractivity contribution in [3.63, 3.8) is 0 Å². The third-order valence-electron chi connectivity index (χ3n) is 5.37. The highest BCUT2D eigenvalue weighted by molar-refractivity contribution is 5.38. The molecule has 118 valence electrons. The van der Waals surface area contributed by atoms with Crippen LogP contribution in [0.25, 0.3) is 0 Å². The van der Waals surface area contributed by atoms with E-state index in [9.17, 15) is 0 Å². The average molecular weight is 288 g/mol. The van der Waals surface area contributed by atoms with Crippen molar-refractivity contribution in [3.05, 3.63) is 34.4 Å². The van der Waals surface area contributed by atoms with E-state index in [2.05, 4.69) is 64.0 Å². The predicted octanol–water partition coefficient (Wildman–Crippen LogP) is 3.62. The number of benzene rings is 1. The first-order chi connectivity index (χ1) is 9.86. The molecule has 0 spiro atoms. The molecule has 0 aromatic heterocycles. The van der Waals surface area contributed by atoms with E-state index in [-0.39, 0.29) is 5.54 Å². The van der Waals surface area contributed by atoms with Crippen molar-refractivity contribution >= 4 is 0 Å². The summed E-state index contributed by atoms with van der Waals surface area (Å²) in [7, 11) is 2.11. The van der Waals surface area contributed by atoms with E-state index in [1.165, 1.54) is 48.2 Å². The van der Waals surface area contributed by atoms with Crippen molar-refractivity contribution in [2.75, 3.05) is 20.1 Å². The molecule has 1 aliphatic heterocycles. The number of aryl methyl sites for hydroxylation is 3. The van der Waals surface area contributed by atoms with Crippen molar-refractivity contribution < 1.29 is 0 Å². The molecule has 21 heavy (non-hydrogen) atoms. The van der Waals surface area contributed by atoms with Crippen LogP contribution in [0.5, 0.6) is 0 Å². The summed E-state index contributed by atoms with van der Waals surface area (Å²) in [4.78, 5) is 2.66. The summed E-state index contributed by atoms with van der Waals surface area (Å²) < 4.78 is 0.